The minimum atomic E-state index is -0.616. The predicted octanol–water partition coefficient (Wildman–Crippen LogP) is 1.02. The van der Waals surface area contributed by atoms with E-state index in [1.165, 1.54) is 6.47 Å². The highest BCUT2D eigenvalue weighted by Crippen LogP contribution is 2.01. The average molecular weight is 152 g/mol. The molecule has 4 heteroatoms. The molecule has 0 aromatic heterocycles. The molecule has 0 aromatic carbocycles. The number of carbonyl (C=O) groups excluding carboxylic acids is 1. The monoisotopic (exact) mass is 151 g/mol. The Hall–Kier alpha value is -0.280. The molecule has 0 aromatic rings. The van der Waals surface area contributed by atoms with E-state index in [0.717, 1.165) is 0 Å². The van der Waals surface area contributed by atoms with Gasteiger partial charge in [0.25, 0.3) is 0 Å². The van der Waals surface area contributed by atoms with Crippen molar-refractivity contribution in [3.05, 3.63) is 0 Å². The number of hydrogen-bond donors (Lipinski definition) is 0. The number of ether oxygens (including phenoxy) is 2. The smallest absolute Gasteiger partial charge is 0.419 e. The van der Waals surface area contributed by atoms with E-state index in [-0.39, 0.29) is 0 Å². The molecule has 0 aliphatic rings. The molecule has 9 heavy (non-hydrogen) atoms. The molecule has 0 N–H and O–H groups in total. The lowest BCUT2D eigenvalue weighted by Crippen LogP contribution is -2.15. The first-order valence-electron chi connectivity index (χ1n) is 2.49. The van der Waals surface area contributed by atoms with Crippen LogP contribution in [0.5, 0.6) is 0 Å². The van der Waals surface area contributed by atoms with Gasteiger partial charge >= 0.3 is 6.47 Å². The van der Waals surface area contributed by atoms with Crippen molar-refractivity contribution < 1.29 is 14.3 Å². The SMILES string of the molecule is CC(Cl)OC(C)O[C]=O. The van der Waals surface area contributed by atoms with Gasteiger partial charge in [0, 0.05) is 0 Å². The van der Waals surface area contributed by atoms with Crippen molar-refractivity contribution in [1.29, 1.82) is 0 Å². The van der Waals surface area contributed by atoms with Crippen LogP contribution in [0.1, 0.15) is 13.8 Å². The molecule has 0 saturated heterocycles. The van der Waals surface area contributed by atoms with Gasteiger partial charge < -0.3 is 9.47 Å². The van der Waals surface area contributed by atoms with Gasteiger partial charge in [-0.05, 0) is 13.8 Å². The van der Waals surface area contributed by atoms with E-state index in [9.17, 15) is 4.79 Å². The number of rotatable bonds is 4. The van der Waals surface area contributed by atoms with E-state index in [0.29, 0.717) is 0 Å². The van der Waals surface area contributed by atoms with E-state index < -0.39 is 11.9 Å². The number of hydrogen-bond acceptors (Lipinski definition) is 3. The average Bonchev–Trinajstić information content (AvgIpc) is 1.63. The molecule has 0 bridgehead atoms. The molecular formula is C5H8ClO3. The Balaban J connectivity index is 3.25. The second kappa shape index (κ2) is 4.58. The summed E-state index contributed by atoms with van der Waals surface area (Å²) in [4.78, 5) is 9.53. The zero-order valence-electron chi connectivity index (χ0n) is 5.26. The third-order valence-corrected chi connectivity index (χ3v) is 0.696. The summed E-state index contributed by atoms with van der Waals surface area (Å²) >= 11 is 5.38. The van der Waals surface area contributed by atoms with Gasteiger partial charge in [0.15, 0.2) is 0 Å². The molecule has 3 nitrogen and oxygen atoms in total. The maximum atomic E-state index is 9.53. The molecule has 0 fully saturated rings. The maximum absolute atomic E-state index is 9.53. The molecule has 0 amide bonds. The summed E-state index contributed by atoms with van der Waals surface area (Å²) in [6.45, 7) is 4.43. The van der Waals surface area contributed by atoms with E-state index in [1.807, 2.05) is 0 Å². The molecule has 0 aliphatic heterocycles. The van der Waals surface area contributed by atoms with Crippen molar-refractivity contribution >= 4 is 18.1 Å². The van der Waals surface area contributed by atoms with Gasteiger partial charge in [0.2, 0.25) is 6.29 Å². The summed E-state index contributed by atoms with van der Waals surface area (Å²) in [6, 6.07) is 0. The molecule has 2 atom stereocenters. The Labute approximate surface area is 58.9 Å². The second-order valence-corrected chi connectivity index (χ2v) is 2.06. The first-order chi connectivity index (χ1) is 4.16. The van der Waals surface area contributed by atoms with Crippen LogP contribution in [-0.2, 0) is 14.3 Å². The van der Waals surface area contributed by atoms with Gasteiger partial charge in [-0.2, -0.15) is 0 Å². The Kier molecular flexibility index (Phi) is 4.44. The van der Waals surface area contributed by atoms with Crippen molar-refractivity contribution in [3.8, 4) is 0 Å². The third kappa shape index (κ3) is 5.59. The summed E-state index contributed by atoms with van der Waals surface area (Å²) in [5.74, 6) is 0. The number of alkyl halides is 1. The van der Waals surface area contributed by atoms with Crippen LogP contribution >= 0.6 is 11.6 Å². The summed E-state index contributed by atoms with van der Waals surface area (Å²) in [7, 11) is 0. The fraction of sp³-hybridized carbons (Fsp3) is 0.800. The van der Waals surface area contributed by atoms with Crippen LogP contribution < -0.4 is 0 Å². The van der Waals surface area contributed by atoms with Crippen molar-refractivity contribution in [1.82, 2.24) is 0 Å². The minimum absolute atomic E-state index is 0.451. The van der Waals surface area contributed by atoms with Gasteiger partial charge in [-0.15, -0.1) is 0 Å². The zero-order chi connectivity index (χ0) is 7.28. The van der Waals surface area contributed by atoms with Gasteiger partial charge in [0.05, 0.1) is 0 Å². The summed E-state index contributed by atoms with van der Waals surface area (Å²) < 4.78 is 9.01. The lowest BCUT2D eigenvalue weighted by Gasteiger charge is -2.10. The van der Waals surface area contributed by atoms with Crippen LogP contribution in [-0.4, -0.2) is 18.3 Å². The van der Waals surface area contributed by atoms with Gasteiger partial charge in [-0.3, -0.25) is 0 Å². The van der Waals surface area contributed by atoms with Crippen LogP contribution in [0.4, 0.5) is 0 Å². The molecule has 0 rings (SSSR count). The van der Waals surface area contributed by atoms with Crippen molar-refractivity contribution in [2.24, 2.45) is 0 Å². The minimum Gasteiger partial charge on any atom is -0.428 e. The van der Waals surface area contributed by atoms with Crippen LogP contribution in [0.2, 0.25) is 0 Å². The molecule has 2 unspecified atom stereocenters. The highest BCUT2D eigenvalue weighted by molar-refractivity contribution is 6.19. The molecule has 1 radical (unpaired) electrons. The predicted molar refractivity (Wildman–Crippen MR) is 32.6 cm³/mol. The van der Waals surface area contributed by atoms with Crippen molar-refractivity contribution in [2.75, 3.05) is 0 Å². The summed E-state index contributed by atoms with van der Waals surface area (Å²) in [5.41, 5.74) is -0.451. The summed E-state index contributed by atoms with van der Waals surface area (Å²) in [6.07, 6.45) is -0.616. The summed E-state index contributed by atoms with van der Waals surface area (Å²) in [5, 5.41) is 0. The van der Waals surface area contributed by atoms with E-state index >= 15 is 0 Å². The van der Waals surface area contributed by atoms with Crippen LogP contribution in [0.25, 0.3) is 0 Å². The van der Waals surface area contributed by atoms with Crippen molar-refractivity contribution in [3.63, 3.8) is 0 Å². The van der Waals surface area contributed by atoms with Gasteiger partial charge in [-0.1, -0.05) is 11.6 Å². The maximum Gasteiger partial charge on any atom is 0.419 e. The van der Waals surface area contributed by atoms with E-state index in [1.54, 1.807) is 13.8 Å². The zero-order valence-corrected chi connectivity index (χ0v) is 6.01. The van der Waals surface area contributed by atoms with Gasteiger partial charge in [0.1, 0.15) is 5.56 Å². The quantitative estimate of drug-likeness (QED) is 0.445. The third-order valence-electron chi connectivity index (χ3n) is 0.593. The molecule has 0 heterocycles. The Morgan fingerprint density at radius 3 is 2.44 bits per heavy atom. The fourth-order valence-electron chi connectivity index (χ4n) is 0.360. The number of halogens is 1. The van der Waals surface area contributed by atoms with Crippen LogP contribution in [0.3, 0.4) is 0 Å². The Bertz CT molecular complexity index is 84.3. The fourth-order valence-corrected chi connectivity index (χ4v) is 0.504. The van der Waals surface area contributed by atoms with Crippen molar-refractivity contribution in [2.45, 2.75) is 25.7 Å². The van der Waals surface area contributed by atoms with E-state index in [4.69, 9.17) is 16.3 Å². The first-order valence-corrected chi connectivity index (χ1v) is 2.92. The Morgan fingerprint density at radius 2 is 2.11 bits per heavy atom. The van der Waals surface area contributed by atoms with E-state index in [2.05, 4.69) is 4.74 Å². The molecule has 0 saturated carbocycles. The highest BCUT2D eigenvalue weighted by Gasteiger charge is 2.04. The lowest BCUT2D eigenvalue weighted by atomic mass is 10.7. The largest absolute Gasteiger partial charge is 0.428 e. The standard InChI is InChI=1S/C5H8ClO3/c1-4(6)9-5(2)8-3-7/h4-5H,1-2H3. The molecule has 0 spiro atoms. The van der Waals surface area contributed by atoms with Crippen LogP contribution in [0, 0.1) is 0 Å². The normalized spacial score (nSPS) is 16.3. The topological polar surface area (TPSA) is 35.5 Å². The second-order valence-electron chi connectivity index (χ2n) is 1.45. The highest BCUT2D eigenvalue weighted by atomic mass is 35.5. The van der Waals surface area contributed by atoms with Gasteiger partial charge in [-0.25, -0.2) is 4.79 Å². The van der Waals surface area contributed by atoms with Crippen LogP contribution in [0.15, 0.2) is 0 Å². The molecule has 53 valence electrons. The molecular weight excluding hydrogens is 144 g/mol. The Morgan fingerprint density at radius 1 is 1.56 bits per heavy atom. The first kappa shape index (κ1) is 8.72. The molecule has 0 aliphatic carbocycles. The lowest BCUT2D eigenvalue weighted by molar-refractivity contribution is -0.0843.